The van der Waals surface area contributed by atoms with Crippen molar-refractivity contribution in [2.45, 2.75) is 50.1 Å². The van der Waals surface area contributed by atoms with Gasteiger partial charge in [-0.25, -0.2) is 0 Å². The van der Waals surface area contributed by atoms with Gasteiger partial charge in [0.2, 0.25) is 0 Å². The first-order valence-electron chi connectivity index (χ1n) is 6.63. The Labute approximate surface area is 121 Å². The van der Waals surface area contributed by atoms with E-state index in [9.17, 15) is 24.9 Å². The van der Waals surface area contributed by atoms with Crippen LogP contribution >= 0.6 is 0 Å². The van der Waals surface area contributed by atoms with Crippen molar-refractivity contribution in [3.8, 4) is 0 Å². The summed E-state index contributed by atoms with van der Waals surface area (Å²) in [6, 6.07) is 0. The quantitative estimate of drug-likeness (QED) is 0.201. The van der Waals surface area contributed by atoms with E-state index in [-0.39, 0.29) is 13.0 Å². The summed E-state index contributed by atoms with van der Waals surface area (Å²) < 4.78 is 0. The first-order chi connectivity index (χ1) is 9.81. The molecule has 4 atom stereocenters. The van der Waals surface area contributed by atoms with Crippen LogP contribution in [0.1, 0.15) is 25.7 Å². The number of amides is 1. The molecule has 0 saturated carbocycles. The molecule has 0 spiro atoms. The maximum absolute atomic E-state index is 11.5. The van der Waals surface area contributed by atoms with E-state index < -0.39 is 42.9 Å². The first kappa shape index (κ1) is 19.7. The van der Waals surface area contributed by atoms with Gasteiger partial charge in [0.25, 0.3) is 5.91 Å². The van der Waals surface area contributed by atoms with Crippen molar-refractivity contribution in [1.29, 1.82) is 0 Å². The van der Waals surface area contributed by atoms with Gasteiger partial charge in [0.1, 0.15) is 18.3 Å². The van der Waals surface area contributed by atoms with Crippen LogP contribution < -0.4 is 5.32 Å². The van der Waals surface area contributed by atoms with Crippen LogP contribution in [0, 0.1) is 0 Å². The van der Waals surface area contributed by atoms with Crippen molar-refractivity contribution in [2.75, 3.05) is 13.2 Å². The Morgan fingerprint density at radius 2 is 1.57 bits per heavy atom. The number of aliphatic hydroxyl groups excluding tert-OH is 5. The molecule has 0 aliphatic heterocycles. The summed E-state index contributed by atoms with van der Waals surface area (Å²) in [4.78, 5) is 21.7. The largest absolute Gasteiger partial charge is 0.481 e. The molecule has 9 heteroatoms. The highest BCUT2D eigenvalue weighted by atomic mass is 16.4. The van der Waals surface area contributed by atoms with Crippen molar-refractivity contribution in [3.63, 3.8) is 0 Å². The SMILES string of the molecule is O=C(O)CCCCCNC(=O)[C@H](O)[C@@H](O)[C@H](O)[C@H](O)CO. The third-order valence-electron chi connectivity index (χ3n) is 2.89. The number of nitrogens with one attached hydrogen (secondary N) is 1. The third kappa shape index (κ3) is 7.93. The molecule has 21 heavy (non-hydrogen) atoms. The van der Waals surface area contributed by atoms with Crippen LogP contribution in [0.2, 0.25) is 0 Å². The summed E-state index contributed by atoms with van der Waals surface area (Å²) in [5.74, 6) is -1.82. The highest BCUT2D eigenvalue weighted by molar-refractivity contribution is 5.81. The van der Waals surface area contributed by atoms with E-state index in [1.807, 2.05) is 0 Å². The number of rotatable bonds is 11. The number of hydrogen-bond acceptors (Lipinski definition) is 7. The Morgan fingerprint density at radius 3 is 2.10 bits per heavy atom. The van der Waals surface area contributed by atoms with Crippen LogP contribution in [0.5, 0.6) is 0 Å². The molecule has 0 fully saturated rings. The average molecular weight is 309 g/mol. The Morgan fingerprint density at radius 1 is 0.952 bits per heavy atom. The van der Waals surface area contributed by atoms with E-state index in [4.69, 9.17) is 15.3 Å². The monoisotopic (exact) mass is 309 g/mol. The van der Waals surface area contributed by atoms with E-state index in [0.29, 0.717) is 19.3 Å². The minimum Gasteiger partial charge on any atom is -0.481 e. The Hall–Kier alpha value is -1.26. The second-order valence-corrected chi connectivity index (χ2v) is 4.67. The van der Waals surface area contributed by atoms with Crippen molar-refractivity contribution < 1.29 is 40.2 Å². The lowest BCUT2D eigenvalue weighted by molar-refractivity contribution is -0.149. The van der Waals surface area contributed by atoms with Crippen LogP contribution in [0.25, 0.3) is 0 Å². The molecule has 0 aromatic rings. The van der Waals surface area contributed by atoms with Crippen molar-refractivity contribution in [1.82, 2.24) is 5.32 Å². The molecule has 0 rings (SSSR count). The van der Waals surface area contributed by atoms with Gasteiger partial charge in [0.05, 0.1) is 6.61 Å². The zero-order valence-corrected chi connectivity index (χ0v) is 11.6. The number of carboxylic acids is 1. The summed E-state index contributed by atoms with van der Waals surface area (Å²) in [7, 11) is 0. The third-order valence-corrected chi connectivity index (χ3v) is 2.89. The van der Waals surface area contributed by atoms with Gasteiger partial charge in [-0.1, -0.05) is 6.42 Å². The summed E-state index contributed by atoms with van der Waals surface area (Å²) in [5, 5.41) is 56.7. The number of carboxylic acid groups (broad SMARTS) is 1. The van der Waals surface area contributed by atoms with Crippen molar-refractivity contribution >= 4 is 11.9 Å². The van der Waals surface area contributed by atoms with Gasteiger partial charge in [-0.2, -0.15) is 0 Å². The predicted octanol–water partition coefficient (Wildman–Crippen LogP) is -2.82. The lowest BCUT2D eigenvalue weighted by atomic mass is 10.0. The van der Waals surface area contributed by atoms with Crippen molar-refractivity contribution in [3.05, 3.63) is 0 Å². The minimum atomic E-state index is -1.94. The number of carbonyl (C=O) groups excluding carboxylic acids is 1. The fourth-order valence-corrected chi connectivity index (χ4v) is 1.57. The van der Waals surface area contributed by atoms with E-state index in [0.717, 1.165) is 0 Å². The number of aliphatic carboxylic acids is 1. The molecule has 124 valence electrons. The predicted molar refractivity (Wildman–Crippen MR) is 70.2 cm³/mol. The van der Waals surface area contributed by atoms with Crippen LogP contribution in [-0.2, 0) is 9.59 Å². The molecule has 7 N–H and O–H groups in total. The fraction of sp³-hybridized carbons (Fsp3) is 0.833. The Kier molecular flexibility index (Phi) is 9.84. The molecular formula is C12H23NO8. The first-order valence-corrected chi connectivity index (χ1v) is 6.63. The maximum Gasteiger partial charge on any atom is 0.303 e. The average Bonchev–Trinajstić information content (AvgIpc) is 2.46. The van der Waals surface area contributed by atoms with E-state index >= 15 is 0 Å². The summed E-state index contributed by atoms with van der Waals surface area (Å²) >= 11 is 0. The molecule has 9 nitrogen and oxygen atoms in total. The number of aliphatic hydroxyl groups is 5. The number of unbranched alkanes of at least 4 members (excludes halogenated alkanes) is 2. The molecule has 0 aliphatic rings. The lowest BCUT2D eigenvalue weighted by Gasteiger charge is -2.24. The van der Waals surface area contributed by atoms with Gasteiger partial charge >= 0.3 is 5.97 Å². The second-order valence-electron chi connectivity index (χ2n) is 4.67. The molecule has 0 saturated heterocycles. The molecule has 0 aromatic heterocycles. The van der Waals surface area contributed by atoms with E-state index in [2.05, 4.69) is 5.32 Å². The van der Waals surface area contributed by atoms with Crippen LogP contribution in [-0.4, -0.2) is 80.1 Å². The standard InChI is InChI=1S/C12H23NO8/c14-6-7(15)9(18)10(19)11(20)12(21)13-5-3-1-2-4-8(16)17/h7,9-11,14-15,18-20H,1-6H2,(H,13,21)(H,16,17)/t7-,9-,10+,11-/m1/s1. The zero-order chi connectivity index (χ0) is 16.4. The number of hydrogen-bond donors (Lipinski definition) is 7. The summed E-state index contributed by atoms with van der Waals surface area (Å²) in [6.07, 6.45) is -5.80. The van der Waals surface area contributed by atoms with Gasteiger partial charge in [-0.15, -0.1) is 0 Å². The van der Waals surface area contributed by atoms with E-state index in [1.165, 1.54) is 0 Å². The van der Waals surface area contributed by atoms with Gasteiger partial charge in [-0.05, 0) is 12.8 Å². The topological polar surface area (TPSA) is 168 Å². The second kappa shape index (κ2) is 10.5. The number of carbonyl (C=O) groups is 2. The van der Waals surface area contributed by atoms with Crippen LogP contribution in [0.3, 0.4) is 0 Å². The van der Waals surface area contributed by atoms with E-state index in [1.54, 1.807) is 0 Å². The van der Waals surface area contributed by atoms with Gasteiger partial charge in [0.15, 0.2) is 6.10 Å². The summed E-state index contributed by atoms with van der Waals surface area (Å²) in [5.41, 5.74) is 0. The highest BCUT2D eigenvalue weighted by Crippen LogP contribution is 2.05. The molecule has 0 unspecified atom stereocenters. The van der Waals surface area contributed by atoms with Crippen molar-refractivity contribution in [2.24, 2.45) is 0 Å². The smallest absolute Gasteiger partial charge is 0.303 e. The molecule has 0 bridgehead atoms. The van der Waals surface area contributed by atoms with Gasteiger partial charge < -0.3 is 36.0 Å². The maximum atomic E-state index is 11.5. The molecule has 0 aliphatic carbocycles. The molecule has 0 aromatic carbocycles. The highest BCUT2D eigenvalue weighted by Gasteiger charge is 2.33. The Bertz CT molecular complexity index is 324. The van der Waals surface area contributed by atoms with Crippen LogP contribution in [0.4, 0.5) is 0 Å². The van der Waals surface area contributed by atoms with Crippen LogP contribution in [0.15, 0.2) is 0 Å². The normalized spacial score (nSPS) is 16.8. The minimum absolute atomic E-state index is 0.0422. The molecular weight excluding hydrogens is 286 g/mol. The van der Waals surface area contributed by atoms with Gasteiger partial charge in [-0.3, -0.25) is 9.59 Å². The fourth-order valence-electron chi connectivity index (χ4n) is 1.57. The van der Waals surface area contributed by atoms with Gasteiger partial charge in [0, 0.05) is 13.0 Å². The summed E-state index contributed by atoms with van der Waals surface area (Å²) in [6.45, 7) is -0.642. The lowest BCUT2D eigenvalue weighted by Crippen LogP contribution is -2.51. The molecule has 0 heterocycles. The molecule has 0 radical (unpaired) electrons. The Balaban J connectivity index is 3.96. The zero-order valence-electron chi connectivity index (χ0n) is 11.6. The molecule has 1 amide bonds.